The lowest BCUT2D eigenvalue weighted by atomic mass is 9.94. The molecule has 0 bridgehead atoms. The van der Waals surface area contributed by atoms with Gasteiger partial charge >= 0.3 is 0 Å². The fraction of sp³-hybridized carbons (Fsp3) is 0.364. The highest BCUT2D eigenvalue weighted by Gasteiger charge is 2.30. The molecule has 2 aliphatic rings. The fourth-order valence-corrected chi connectivity index (χ4v) is 8.32. The molecule has 7 rings (SSSR count). The number of nitrogens with one attached hydrogen (secondary N) is 1. The standard InChI is InChI=1S/C33H35N5O2S2/c39-20-22-6-5-15-38(19-22)23-13-16-37(17-14-23)32-25(33(40)34-18-31-35-28-8-2-4-10-30(28)42-31)11-12-27(36-32)26-21-41-29-9-3-1-7-24(26)29/h1-4,7-12,21-23,39H,5-6,13-20H2,(H,34,40). The van der Waals surface area contributed by atoms with Crippen LogP contribution in [0.25, 0.3) is 31.6 Å². The molecule has 1 unspecified atom stereocenters. The predicted molar refractivity (Wildman–Crippen MR) is 172 cm³/mol. The summed E-state index contributed by atoms with van der Waals surface area (Å²) >= 11 is 3.34. The molecule has 42 heavy (non-hydrogen) atoms. The molecule has 9 heteroatoms. The highest BCUT2D eigenvalue weighted by Crippen LogP contribution is 2.35. The van der Waals surface area contributed by atoms with Gasteiger partial charge in [-0.3, -0.25) is 9.69 Å². The summed E-state index contributed by atoms with van der Waals surface area (Å²) in [5.41, 5.74) is 3.57. The Bertz CT molecular complexity index is 1670. The molecule has 5 heterocycles. The summed E-state index contributed by atoms with van der Waals surface area (Å²) in [6.07, 6.45) is 4.33. The van der Waals surface area contributed by atoms with E-state index in [1.807, 2.05) is 30.3 Å². The summed E-state index contributed by atoms with van der Waals surface area (Å²) in [6, 6.07) is 20.9. The lowest BCUT2D eigenvalue weighted by molar-refractivity contribution is 0.0777. The van der Waals surface area contributed by atoms with Crippen molar-refractivity contribution in [2.75, 3.05) is 37.7 Å². The number of amides is 1. The Morgan fingerprint density at radius 2 is 1.76 bits per heavy atom. The highest BCUT2D eigenvalue weighted by molar-refractivity contribution is 7.18. The third kappa shape index (κ3) is 5.54. The molecule has 2 fully saturated rings. The second-order valence-electron chi connectivity index (χ2n) is 11.4. The number of piperidine rings is 2. The number of hydrogen-bond donors (Lipinski definition) is 2. The Morgan fingerprint density at radius 3 is 2.60 bits per heavy atom. The van der Waals surface area contributed by atoms with Crippen LogP contribution in [-0.2, 0) is 6.54 Å². The van der Waals surface area contributed by atoms with Crippen LogP contribution in [0, 0.1) is 5.92 Å². The van der Waals surface area contributed by atoms with Gasteiger partial charge in [0.1, 0.15) is 10.8 Å². The summed E-state index contributed by atoms with van der Waals surface area (Å²) < 4.78 is 2.36. The van der Waals surface area contributed by atoms with Gasteiger partial charge in [-0.05, 0) is 68.5 Å². The first-order valence-electron chi connectivity index (χ1n) is 14.9. The van der Waals surface area contributed by atoms with E-state index >= 15 is 0 Å². The van der Waals surface area contributed by atoms with Crippen LogP contribution in [0.2, 0.25) is 0 Å². The Hall–Kier alpha value is -3.37. The molecule has 216 valence electrons. The molecule has 0 aliphatic carbocycles. The molecule has 7 nitrogen and oxygen atoms in total. The van der Waals surface area contributed by atoms with Gasteiger partial charge in [0.15, 0.2) is 0 Å². The number of thiophene rings is 1. The normalized spacial score (nSPS) is 18.6. The van der Waals surface area contributed by atoms with Gasteiger partial charge in [0.2, 0.25) is 0 Å². The van der Waals surface area contributed by atoms with Crippen LogP contribution in [-0.4, -0.2) is 64.7 Å². The summed E-state index contributed by atoms with van der Waals surface area (Å²) in [4.78, 5) is 28.4. The Morgan fingerprint density at radius 1 is 0.952 bits per heavy atom. The van der Waals surface area contributed by atoms with E-state index < -0.39 is 0 Å². The number of likely N-dealkylation sites (tertiary alicyclic amines) is 1. The largest absolute Gasteiger partial charge is 0.396 e. The number of pyridine rings is 1. The monoisotopic (exact) mass is 597 g/mol. The van der Waals surface area contributed by atoms with E-state index in [0.29, 0.717) is 24.1 Å². The SMILES string of the molecule is O=C(NCc1nc2ccccc2s1)c1ccc(-c2csc3ccccc23)nc1N1CCC(N2CCCC(CO)C2)CC1. The number of hydrogen-bond acceptors (Lipinski definition) is 8. The van der Waals surface area contributed by atoms with Crippen molar-refractivity contribution in [2.45, 2.75) is 38.3 Å². The fourth-order valence-electron chi connectivity index (χ4n) is 6.46. The van der Waals surface area contributed by atoms with Crippen molar-refractivity contribution in [1.29, 1.82) is 0 Å². The summed E-state index contributed by atoms with van der Waals surface area (Å²) in [5.74, 6) is 1.03. The maximum atomic E-state index is 13.7. The zero-order chi connectivity index (χ0) is 28.5. The van der Waals surface area contributed by atoms with Gasteiger partial charge in [-0.2, -0.15) is 0 Å². The molecule has 2 N–H and O–H groups in total. The zero-order valence-electron chi connectivity index (χ0n) is 23.5. The quantitative estimate of drug-likeness (QED) is 0.233. The van der Waals surface area contributed by atoms with Crippen LogP contribution in [0.3, 0.4) is 0 Å². The molecule has 3 aromatic heterocycles. The number of para-hydroxylation sites is 1. The van der Waals surface area contributed by atoms with Crippen LogP contribution in [0.15, 0.2) is 66.0 Å². The van der Waals surface area contributed by atoms with Gasteiger partial charge in [0.05, 0.1) is 28.0 Å². The molecule has 2 aromatic carbocycles. The van der Waals surface area contributed by atoms with Gasteiger partial charge in [-0.1, -0.05) is 30.3 Å². The van der Waals surface area contributed by atoms with Gasteiger partial charge in [-0.15, -0.1) is 22.7 Å². The van der Waals surface area contributed by atoms with Crippen molar-refractivity contribution in [3.63, 3.8) is 0 Å². The predicted octanol–water partition coefficient (Wildman–Crippen LogP) is 6.18. The third-order valence-electron chi connectivity index (χ3n) is 8.70. The number of carbonyl (C=O) groups excluding carboxylic acids is 1. The van der Waals surface area contributed by atoms with Crippen LogP contribution in [0.1, 0.15) is 41.0 Å². The van der Waals surface area contributed by atoms with Crippen molar-refractivity contribution in [1.82, 2.24) is 20.2 Å². The first-order valence-corrected chi connectivity index (χ1v) is 16.6. The topological polar surface area (TPSA) is 81.6 Å². The Labute approximate surface area is 253 Å². The third-order valence-corrected chi connectivity index (χ3v) is 10.7. The van der Waals surface area contributed by atoms with Crippen molar-refractivity contribution in [3.05, 3.63) is 76.6 Å². The van der Waals surface area contributed by atoms with Crippen LogP contribution in [0.4, 0.5) is 5.82 Å². The van der Waals surface area contributed by atoms with Crippen molar-refractivity contribution < 1.29 is 9.90 Å². The van der Waals surface area contributed by atoms with E-state index in [2.05, 4.69) is 50.8 Å². The molecule has 1 amide bonds. The van der Waals surface area contributed by atoms with Crippen molar-refractivity contribution in [3.8, 4) is 11.3 Å². The molecule has 0 radical (unpaired) electrons. The van der Waals surface area contributed by atoms with Crippen molar-refractivity contribution in [2.24, 2.45) is 5.92 Å². The van der Waals surface area contributed by atoms with Gasteiger partial charge in [0.25, 0.3) is 5.91 Å². The maximum absolute atomic E-state index is 13.7. The summed E-state index contributed by atoms with van der Waals surface area (Å²) in [5, 5.41) is 17.1. The number of fused-ring (bicyclic) bond motifs is 2. The number of aliphatic hydroxyl groups is 1. The van der Waals surface area contributed by atoms with Crippen molar-refractivity contribution >= 4 is 54.7 Å². The average molecular weight is 598 g/mol. The minimum absolute atomic E-state index is 0.123. The second kappa shape index (κ2) is 12.1. The van der Waals surface area contributed by atoms with Gasteiger partial charge < -0.3 is 15.3 Å². The van der Waals surface area contributed by atoms with E-state index in [9.17, 15) is 9.90 Å². The summed E-state index contributed by atoms with van der Waals surface area (Å²) in [6.45, 7) is 4.46. The molecular formula is C33H35N5O2S2. The minimum atomic E-state index is -0.123. The van der Waals surface area contributed by atoms with E-state index in [4.69, 9.17) is 9.97 Å². The number of rotatable bonds is 7. The molecule has 2 saturated heterocycles. The number of benzene rings is 2. The van der Waals surface area contributed by atoms with Gasteiger partial charge in [-0.25, -0.2) is 9.97 Å². The summed E-state index contributed by atoms with van der Waals surface area (Å²) in [7, 11) is 0. The zero-order valence-corrected chi connectivity index (χ0v) is 25.2. The van der Waals surface area contributed by atoms with E-state index in [1.165, 1.54) is 10.1 Å². The second-order valence-corrected chi connectivity index (χ2v) is 13.4. The molecule has 2 aliphatic heterocycles. The van der Waals surface area contributed by atoms with Crippen LogP contribution in [0.5, 0.6) is 0 Å². The number of aliphatic hydroxyl groups excluding tert-OH is 1. The number of thiazole rings is 1. The van der Waals surface area contributed by atoms with Gasteiger partial charge in [0, 0.05) is 53.3 Å². The lowest BCUT2D eigenvalue weighted by Gasteiger charge is -2.42. The van der Waals surface area contributed by atoms with E-state index in [-0.39, 0.29) is 12.5 Å². The highest BCUT2D eigenvalue weighted by atomic mass is 32.1. The first kappa shape index (κ1) is 27.5. The average Bonchev–Trinajstić information content (AvgIpc) is 3.68. The smallest absolute Gasteiger partial charge is 0.255 e. The molecule has 5 aromatic rings. The number of nitrogens with zero attached hydrogens (tertiary/aromatic N) is 4. The molecule has 0 saturated carbocycles. The lowest BCUT2D eigenvalue weighted by Crippen LogP contribution is -2.49. The van der Waals surface area contributed by atoms with E-state index in [1.54, 1.807) is 22.7 Å². The molecule has 1 atom stereocenters. The first-order chi connectivity index (χ1) is 20.7. The van der Waals surface area contributed by atoms with Crippen LogP contribution >= 0.6 is 22.7 Å². The Balaban J connectivity index is 1.14. The molecule has 0 spiro atoms. The van der Waals surface area contributed by atoms with E-state index in [0.717, 1.165) is 84.2 Å². The van der Waals surface area contributed by atoms with Crippen LogP contribution < -0.4 is 10.2 Å². The number of aromatic nitrogens is 2. The maximum Gasteiger partial charge on any atom is 0.255 e. The molecular weight excluding hydrogens is 563 g/mol. The number of anilines is 1. The minimum Gasteiger partial charge on any atom is -0.396 e. The Kier molecular flexibility index (Phi) is 7.90. The number of carbonyl (C=O) groups is 1.